The summed E-state index contributed by atoms with van der Waals surface area (Å²) in [6, 6.07) is 3.77. The zero-order valence-corrected chi connectivity index (χ0v) is 21.0. The Morgan fingerprint density at radius 1 is 1.13 bits per heavy atom. The monoisotopic (exact) mass is 488 g/mol. The maximum atomic E-state index is 7.45. The molecule has 0 fully saturated rings. The van der Waals surface area contributed by atoms with Crippen LogP contribution in [0.1, 0.15) is 42.4 Å². The summed E-state index contributed by atoms with van der Waals surface area (Å²) in [6.45, 7) is 13.0. The molecular weight excluding hydrogens is 467 g/mol. The van der Waals surface area contributed by atoms with Crippen LogP contribution >= 0.6 is 40.2 Å². The number of hydrogen-bond acceptors (Lipinski definition) is 1. The van der Waals surface area contributed by atoms with Gasteiger partial charge in [-0.05, 0) is 0 Å². The molecule has 0 saturated heterocycles. The average Bonchev–Trinajstić information content (AvgIpc) is 2.63. The van der Waals surface area contributed by atoms with Crippen molar-refractivity contribution in [3.63, 3.8) is 0 Å². The number of benzene rings is 1. The first-order valence-electron chi connectivity index (χ1n) is 7.80. The minimum absolute atomic E-state index is 0.0249. The van der Waals surface area contributed by atoms with Crippen molar-refractivity contribution in [1.29, 1.82) is 0 Å². The Kier molecular flexibility index (Phi) is 5.71. The normalized spacial score (nSPS) is 20.2. The predicted octanol–water partition coefficient (Wildman–Crippen LogP) is 6.74. The van der Waals surface area contributed by atoms with Crippen molar-refractivity contribution >= 4 is 52.2 Å². The van der Waals surface area contributed by atoms with Crippen molar-refractivity contribution in [1.82, 2.24) is 3.26 Å². The first-order valence-corrected chi connectivity index (χ1v) is 24.7. The van der Waals surface area contributed by atoms with Gasteiger partial charge in [0, 0.05) is 0 Å². The van der Waals surface area contributed by atoms with E-state index in [1.54, 1.807) is 6.07 Å². The Morgan fingerprint density at radius 3 is 2.17 bits per heavy atom. The molecule has 129 valence electrons. The molecule has 23 heavy (non-hydrogen) atoms. The molecule has 0 saturated carbocycles. The fourth-order valence-corrected chi connectivity index (χ4v) is 32.2. The van der Waals surface area contributed by atoms with E-state index < -0.39 is 21.8 Å². The van der Waals surface area contributed by atoms with E-state index >= 15 is 0 Å². The van der Waals surface area contributed by atoms with Gasteiger partial charge in [-0.3, -0.25) is 0 Å². The molecule has 1 aliphatic carbocycles. The summed E-state index contributed by atoms with van der Waals surface area (Å²) < 4.78 is 3.76. The van der Waals surface area contributed by atoms with Crippen molar-refractivity contribution < 1.29 is 15.8 Å². The van der Waals surface area contributed by atoms with Gasteiger partial charge in [0.15, 0.2) is 0 Å². The molecule has 7 heteroatoms. The zero-order chi connectivity index (χ0) is 17.8. The van der Waals surface area contributed by atoms with Crippen LogP contribution in [0.2, 0.25) is 23.1 Å². The molecule has 0 bridgehead atoms. The van der Waals surface area contributed by atoms with Gasteiger partial charge < -0.3 is 0 Å². The molecule has 0 amide bonds. The molecule has 1 aromatic carbocycles. The van der Waals surface area contributed by atoms with E-state index in [-0.39, 0.29) is 9.16 Å². The van der Waals surface area contributed by atoms with E-state index in [4.69, 9.17) is 40.2 Å². The van der Waals surface area contributed by atoms with Gasteiger partial charge in [-0.1, -0.05) is 0 Å². The van der Waals surface area contributed by atoms with Crippen LogP contribution in [0, 0.1) is 0 Å². The van der Waals surface area contributed by atoms with Crippen LogP contribution < -0.4 is 3.26 Å². The quantitative estimate of drug-likeness (QED) is 0.462. The standard InChI is InChI=1S/C10H7Cl2.C4H10N.C2H7Si.2ClH.Zr/c1-6-2-7-4-8(11)5-10(12)9(7)3-6;1-4(2,3)5;1-3-2;;;/h2-5H,1H3;5H,1-3H3;3H,1-2H3;2*1H;/q;-1;;;;+3/p-2. The molecule has 2 rings (SSSR count). The van der Waals surface area contributed by atoms with Gasteiger partial charge >= 0.3 is 160 Å². The SMILES string of the molecule is CC1=Cc2c(Cl)cc(Cl)cc2[CH]1[Zr]([Cl])([Cl])([NH]C(C)(C)C)[SiH](C)C. The van der Waals surface area contributed by atoms with Crippen molar-refractivity contribution in [2.24, 2.45) is 0 Å². The number of halogens is 4. The number of fused-ring (bicyclic) bond motifs is 1. The molecule has 1 atom stereocenters. The first-order chi connectivity index (χ1) is 10.3. The summed E-state index contributed by atoms with van der Waals surface area (Å²) in [5.41, 5.74) is 3.16. The number of allylic oxidation sites excluding steroid dienone is 1. The van der Waals surface area contributed by atoms with Gasteiger partial charge in [0.1, 0.15) is 0 Å². The maximum absolute atomic E-state index is 7.45. The Balaban J connectivity index is 2.71. The van der Waals surface area contributed by atoms with Gasteiger partial charge in [-0.25, -0.2) is 0 Å². The second-order valence-electron chi connectivity index (χ2n) is 7.89. The third-order valence-electron chi connectivity index (χ3n) is 4.47. The van der Waals surface area contributed by atoms with Crippen LogP contribution in [0.15, 0.2) is 17.7 Å². The molecule has 0 spiro atoms. The second-order valence-corrected chi connectivity index (χ2v) is 49.5. The van der Waals surface area contributed by atoms with Gasteiger partial charge in [0.25, 0.3) is 0 Å². The summed E-state index contributed by atoms with van der Waals surface area (Å²) in [5, 5.41) is 1.30. The molecule has 1 aromatic rings. The Labute approximate surface area is 158 Å². The van der Waals surface area contributed by atoms with E-state index in [2.05, 4.69) is 50.1 Å². The second kappa shape index (κ2) is 6.41. The molecule has 1 N–H and O–H groups in total. The third-order valence-corrected chi connectivity index (χ3v) is 52.2. The molecule has 0 radical (unpaired) electrons. The number of hydrogen-bond donors (Lipinski definition) is 1. The van der Waals surface area contributed by atoms with Gasteiger partial charge in [-0.15, -0.1) is 0 Å². The van der Waals surface area contributed by atoms with E-state index in [1.165, 1.54) is 5.57 Å². The van der Waals surface area contributed by atoms with Crippen molar-refractivity contribution in [3.05, 3.63) is 38.9 Å². The first kappa shape index (κ1) is 20.5. The molecule has 0 aromatic heterocycles. The van der Waals surface area contributed by atoms with Crippen LogP contribution in [-0.2, 0) is 15.8 Å². The van der Waals surface area contributed by atoms with E-state index in [9.17, 15) is 0 Å². The molecule has 1 nitrogen and oxygen atoms in total. The fraction of sp³-hybridized carbons (Fsp3) is 0.500. The van der Waals surface area contributed by atoms with Crippen LogP contribution in [-0.4, -0.2) is 11.5 Å². The Hall–Kier alpha value is 1.18. The van der Waals surface area contributed by atoms with Crippen molar-refractivity contribution in [3.8, 4) is 0 Å². The number of nitrogens with one attached hydrogen (secondary N) is 1. The summed E-state index contributed by atoms with van der Waals surface area (Å²) >= 11 is 8.37. The molecule has 0 aliphatic heterocycles. The van der Waals surface area contributed by atoms with Crippen LogP contribution in [0.25, 0.3) is 6.08 Å². The summed E-state index contributed by atoms with van der Waals surface area (Å²) in [5.74, 6) is -1.39. The molecule has 0 heterocycles. The van der Waals surface area contributed by atoms with Crippen LogP contribution in [0.3, 0.4) is 0 Å². The van der Waals surface area contributed by atoms with E-state index in [0.29, 0.717) is 10.0 Å². The predicted molar refractivity (Wildman–Crippen MR) is 106 cm³/mol. The van der Waals surface area contributed by atoms with Gasteiger partial charge in [0.2, 0.25) is 0 Å². The third kappa shape index (κ3) is 3.82. The van der Waals surface area contributed by atoms with Crippen LogP contribution in [0.5, 0.6) is 0 Å². The topological polar surface area (TPSA) is 12.0 Å². The Morgan fingerprint density at radius 2 is 1.70 bits per heavy atom. The van der Waals surface area contributed by atoms with Crippen LogP contribution in [0.4, 0.5) is 0 Å². The summed E-state index contributed by atoms with van der Waals surface area (Å²) in [7, 11) is 14.9. The van der Waals surface area contributed by atoms with Crippen molar-refractivity contribution in [2.75, 3.05) is 0 Å². The molecular formula is C16H24Cl4NSiZr. The zero-order valence-electron chi connectivity index (χ0n) is 14.4. The minimum atomic E-state index is -4.32. The fourth-order valence-electron chi connectivity index (χ4n) is 3.52. The Bertz CT molecular complexity index is 679. The summed E-state index contributed by atoms with van der Waals surface area (Å²) in [6.07, 6.45) is 2.12. The van der Waals surface area contributed by atoms with E-state index in [1.807, 2.05) is 6.07 Å². The number of rotatable bonds is 3. The van der Waals surface area contributed by atoms with Gasteiger partial charge in [-0.2, -0.15) is 0 Å². The van der Waals surface area contributed by atoms with E-state index in [0.717, 1.165) is 11.1 Å². The van der Waals surface area contributed by atoms with Crippen molar-refractivity contribution in [2.45, 2.75) is 50.0 Å². The summed E-state index contributed by atoms with van der Waals surface area (Å²) in [4.78, 5) is 0. The molecule has 1 aliphatic rings. The molecule has 1 unspecified atom stereocenters. The average molecular weight is 491 g/mol. The van der Waals surface area contributed by atoms with Gasteiger partial charge in [0.05, 0.1) is 0 Å².